The molecule has 2 N–H and O–H groups in total. The van der Waals surface area contributed by atoms with E-state index in [0.29, 0.717) is 6.04 Å². The van der Waals surface area contributed by atoms with E-state index in [9.17, 15) is 0 Å². The smallest absolute Gasteiger partial charge is 0.0484 e. The van der Waals surface area contributed by atoms with Crippen LogP contribution < -0.4 is 5.73 Å². The van der Waals surface area contributed by atoms with Gasteiger partial charge in [0.15, 0.2) is 0 Å². The molecule has 3 heteroatoms. The summed E-state index contributed by atoms with van der Waals surface area (Å²) in [6.45, 7) is 1.21. The highest BCUT2D eigenvalue weighted by Gasteiger charge is 2.19. The van der Waals surface area contributed by atoms with E-state index in [1.54, 1.807) is 5.56 Å². The van der Waals surface area contributed by atoms with Gasteiger partial charge in [0, 0.05) is 34.2 Å². The molecule has 0 radical (unpaired) electrons. The fourth-order valence-corrected chi connectivity index (χ4v) is 5.93. The summed E-state index contributed by atoms with van der Waals surface area (Å²) >= 11 is 3.69. The van der Waals surface area contributed by atoms with Gasteiger partial charge in [-0.05, 0) is 87.0 Å². The van der Waals surface area contributed by atoms with Gasteiger partial charge in [0.2, 0.25) is 0 Å². The number of nitrogens with two attached hydrogens (primary N) is 1. The second-order valence-corrected chi connectivity index (χ2v) is 10.4. The van der Waals surface area contributed by atoms with Crippen molar-refractivity contribution in [3.63, 3.8) is 0 Å². The lowest BCUT2D eigenvalue weighted by Gasteiger charge is -2.25. The van der Waals surface area contributed by atoms with Crippen LogP contribution in [-0.2, 0) is 13.0 Å². The molecule has 2 aliphatic carbocycles. The van der Waals surface area contributed by atoms with E-state index in [2.05, 4.69) is 44.9 Å². The molecule has 0 bridgehead atoms. The minimum atomic E-state index is 0. The van der Waals surface area contributed by atoms with Crippen LogP contribution in [0.1, 0.15) is 90.0 Å². The first-order valence-corrected chi connectivity index (χ1v) is 12.5. The number of hydrogen-bond donors (Lipinski definition) is 1. The fraction of sp³-hybridized carbons (Fsp3) is 0.692. The molecule has 1 heterocycles. The average Bonchev–Trinajstić information content (AvgIpc) is 3.04. The van der Waals surface area contributed by atoms with Crippen molar-refractivity contribution in [3.8, 4) is 0 Å². The summed E-state index contributed by atoms with van der Waals surface area (Å²) < 4.78 is 3.77. The number of aryl methyl sites for hydroxylation is 1. The minimum Gasteiger partial charge on any atom is -0.347 e. The molecule has 2 aromatic rings. The van der Waals surface area contributed by atoms with E-state index in [1.165, 1.54) is 105 Å². The molecule has 2 aliphatic rings. The molecule has 2 saturated carbocycles. The Bertz CT molecular complexity index is 751. The van der Waals surface area contributed by atoms with Gasteiger partial charge in [-0.3, -0.25) is 0 Å². The third-order valence-electron chi connectivity index (χ3n) is 7.31. The second kappa shape index (κ2) is 11.0. The van der Waals surface area contributed by atoms with Crippen LogP contribution in [0, 0.1) is 11.8 Å². The maximum atomic E-state index is 6.06. The standard InChI is InChI=1S/C25H37BrN2.CH4/c26-22-12-15-25-24(16-22)21(18-28(25)17-20-7-2-1-3-8-20)9-5-4-6-19-10-13-23(27)14-11-19;/h12,15-16,18-20,23H,1-11,13-14,17,27H2;1H4. The van der Waals surface area contributed by atoms with E-state index in [4.69, 9.17) is 5.73 Å². The summed E-state index contributed by atoms with van der Waals surface area (Å²) in [5, 5.41) is 1.47. The van der Waals surface area contributed by atoms with Crippen molar-refractivity contribution in [2.24, 2.45) is 17.6 Å². The molecule has 0 spiro atoms. The Morgan fingerprint density at radius 1 is 0.931 bits per heavy atom. The first-order valence-electron chi connectivity index (χ1n) is 11.7. The van der Waals surface area contributed by atoms with E-state index in [0.717, 1.165) is 11.8 Å². The lowest BCUT2D eigenvalue weighted by atomic mass is 9.83. The van der Waals surface area contributed by atoms with E-state index < -0.39 is 0 Å². The summed E-state index contributed by atoms with van der Waals surface area (Å²) in [4.78, 5) is 0. The molecule has 0 aliphatic heterocycles. The zero-order chi connectivity index (χ0) is 19.3. The maximum Gasteiger partial charge on any atom is 0.0484 e. The predicted octanol–water partition coefficient (Wildman–Crippen LogP) is 7.85. The maximum absolute atomic E-state index is 6.06. The lowest BCUT2D eigenvalue weighted by Crippen LogP contribution is -2.26. The SMILES string of the molecule is C.NC1CCC(CCCCc2cn(CC3CCCCC3)c3ccc(Br)cc23)CC1. The van der Waals surface area contributed by atoms with Gasteiger partial charge >= 0.3 is 0 Å². The summed E-state index contributed by atoms with van der Waals surface area (Å²) in [6.07, 6.45) is 20.1. The minimum absolute atomic E-state index is 0. The fourth-order valence-electron chi connectivity index (χ4n) is 5.57. The van der Waals surface area contributed by atoms with Gasteiger partial charge in [0.05, 0.1) is 0 Å². The topological polar surface area (TPSA) is 30.9 Å². The number of aromatic nitrogens is 1. The number of benzene rings is 1. The summed E-state index contributed by atoms with van der Waals surface area (Å²) in [5.74, 6) is 1.81. The number of fused-ring (bicyclic) bond motifs is 1. The number of unbranched alkanes of at least 4 members (excludes halogenated alkanes) is 1. The quantitative estimate of drug-likeness (QED) is 0.418. The summed E-state index contributed by atoms with van der Waals surface area (Å²) in [7, 11) is 0. The largest absolute Gasteiger partial charge is 0.347 e. The molecule has 162 valence electrons. The molecule has 1 aromatic carbocycles. The molecule has 29 heavy (non-hydrogen) atoms. The van der Waals surface area contributed by atoms with Crippen molar-refractivity contribution in [2.75, 3.05) is 0 Å². The zero-order valence-electron chi connectivity index (χ0n) is 17.3. The molecule has 0 saturated heterocycles. The van der Waals surface area contributed by atoms with Crippen LogP contribution in [0.3, 0.4) is 0 Å². The van der Waals surface area contributed by atoms with Crippen LogP contribution in [0.25, 0.3) is 10.9 Å². The van der Waals surface area contributed by atoms with Crippen LogP contribution in [0.4, 0.5) is 0 Å². The van der Waals surface area contributed by atoms with Crippen molar-refractivity contribution < 1.29 is 0 Å². The molecular weight excluding hydrogens is 420 g/mol. The Labute approximate surface area is 186 Å². The van der Waals surface area contributed by atoms with Crippen LogP contribution in [0.5, 0.6) is 0 Å². The van der Waals surface area contributed by atoms with Crippen LogP contribution in [0.2, 0.25) is 0 Å². The summed E-state index contributed by atoms with van der Waals surface area (Å²) in [6, 6.07) is 7.34. The monoisotopic (exact) mass is 460 g/mol. The zero-order valence-corrected chi connectivity index (χ0v) is 18.9. The number of rotatable bonds is 7. The Kier molecular flexibility index (Phi) is 8.68. The van der Waals surface area contributed by atoms with E-state index in [1.807, 2.05) is 0 Å². The van der Waals surface area contributed by atoms with Gasteiger partial charge in [-0.15, -0.1) is 0 Å². The van der Waals surface area contributed by atoms with Crippen LogP contribution in [0.15, 0.2) is 28.9 Å². The Balaban J connectivity index is 0.00000240. The Hall–Kier alpha value is -0.800. The highest BCUT2D eigenvalue weighted by molar-refractivity contribution is 9.10. The van der Waals surface area contributed by atoms with Crippen molar-refractivity contribution in [1.82, 2.24) is 4.57 Å². The van der Waals surface area contributed by atoms with Gasteiger partial charge in [-0.2, -0.15) is 0 Å². The van der Waals surface area contributed by atoms with Gasteiger partial charge in [-0.25, -0.2) is 0 Å². The van der Waals surface area contributed by atoms with Gasteiger partial charge < -0.3 is 10.3 Å². The molecule has 4 rings (SSSR count). The second-order valence-electron chi connectivity index (χ2n) is 9.50. The predicted molar refractivity (Wildman–Crippen MR) is 130 cm³/mol. The number of nitrogens with zero attached hydrogens (tertiary/aromatic N) is 1. The van der Waals surface area contributed by atoms with Gasteiger partial charge in [0.25, 0.3) is 0 Å². The third-order valence-corrected chi connectivity index (χ3v) is 7.80. The van der Waals surface area contributed by atoms with E-state index in [-0.39, 0.29) is 7.43 Å². The lowest BCUT2D eigenvalue weighted by molar-refractivity contribution is 0.303. The van der Waals surface area contributed by atoms with E-state index >= 15 is 0 Å². The third kappa shape index (κ3) is 6.10. The van der Waals surface area contributed by atoms with Crippen molar-refractivity contribution in [1.29, 1.82) is 0 Å². The van der Waals surface area contributed by atoms with Crippen molar-refractivity contribution in [2.45, 2.75) is 103 Å². The number of hydrogen-bond acceptors (Lipinski definition) is 1. The highest BCUT2D eigenvalue weighted by atomic mass is 79.9. The van der Waals surface area contributed by atoms with Crippen molar-refractivity contribution in [3.05, 3.63) is 34.4 Å². The van der Waals surface area contributed by atoms with Crippen LogP contribution in [-0.4, -0.2) is 10.6 Å². The molecular formula is C26H41BrN2. The summed E-state index contributed by atoms with van der Waals surface area (Å²) in [5.41, 5.74) is 9.04. The molecule has 2 fully saturated rings. The molecule has 2 nitrogen and oxygen atoms in total. The molecule has 1 aromatic heterocycles. The van der Waals surface area contributed by atoms with Crippen molar-refractivity contribution >= 4 is 26.8 Å². The molecule has 0 atom stereocenters. The first kappa shape index (κ1) is 22.9. The van der Waals surface area contributed by atoms with Crippen LogP contribution >= 0.6 is 15.9 Å². The highest BCUT2D eigenvalue weighted by Crippen LogP contribution is 2.31. The Morgan fingerprint density at radius 3 is 2.45 bits per heavy atom. The van der Waals surface area contributed by atoms with Gasteiger partial charge in [-0.1, -0.05) is 55.5 Å². The molecule has 0 amide bonds. The average molecular weight is 462 g/mol. The Morgan fingerprint density at radius 2 is 1.69 bits per heavy atom. The normalized spacial score (nSPS) is 23.2. The molecule has 0 unspecified atom stereocenters. The number of halogens is 1. The first-order chi connectivity index (χ1) is 13.7. The van der Waals surface area contributed by atoms with Gasteiger partial charge in [0.1, 0.15) is 0 Å².